The number of nitrogens with zero attached hydrogens (tertiary/aromatic N) is 5. The molecule has 3 aliphatic heterocycles. The molecule has 17 nitrogen and oxygen atoms in total. The number of fused-ring (bicyclic) bond motifs is 7. The number of para-hydroxylation sites is 1. The Kier molecular flexibility index (Phi) is 16.0. The van der Waals surface area contributed by atoms with Gasteiger partial charge >= 0.3 is 230 Å². The van der Waals surface area contributed by atoms with E-state index in [0.717, 1.165) is 68.4 Å². The number of aromatic nitrogens is 4. The Hall–Kier alpha value is -6.08. The first-order valence-corrected chi connectivity index (χ1v) is 26.1. The number of carbonyl (C=O) groups is 4. The van der Waals surface area contributed by atoms with Gasteiger partial charge in [0.05, 0.1) is 51.7 Å². The first-order valence-electron chi connectivity index (χ1n) is 23.4. The Labute approximate surface area is 409 Å². The van der Waals surface area contributed by atoms with Crippen LogP contribution in [0.3, 0.4) is 0 Å². The number of hydrogen-bond donors (Lipinski definition) is 4. The molecule has 0 radical (unpaired) electrons. The van der Waals surface area contributed by atoms with Gasteiger partial charge in [0.25, 0.3) is 0 Å². The quantitative estimate of drug-likeness (QED) is 0.0421. The first-order chi connectivity index (χ1) is 33.8. The van der Waals surface area contributed by atoms with Crippen LogP contribution in [0, 0.1) is 0 Å². The molecule has 0 bridgehead atoms. The van der Waals surface area contributed by atoms with E-state index in [2.05, 4.69) is 26.5 Å². The summed E-state index contributed by atoms with van der Waals surface area (Å²) in [6.07, 6.45) is 3.23. The van der Waals surface area contributed by atoms with Gasteiger partial charge in [-0.1, -0.05) is 6.42 Å². The predicted molar refractivity (Wildman–Crippen MR) is 265 cm³/mol. The molecule has 2 aromatic heterocycles. The molecule has 0 saturated carbocycles. The summed E-state index contributed by atoms with van der Waals surface area (Å²) in [4.78, 5) is 65.8. The average molecular weight is 1020 g/mol. The van der Waals surface area contributed by atoms with Crippen LogP contribution in [0.2, 0.25) is 0 Å². The molecule has 69 heavy (non-hydrogen) atoms. The van der Waals surface area contributed by atoms with E-state index in [9.17, 15) is 24.0 Å². The zero-order valence-electron chi connectivity index (χ0n) is 38.1. The number of carbonyl (C=O) groups excluding carboxylic acids is 4. The van der Waals surface area contributed by atoms with Crippen molar-refractivity contribution >= 4 is 65.6 Å². The number of unbranched alkanes of at least 4 members (excludes halogenated alkanes) is 1. The Balaban J connectivity index is 0.685. The van der Waals surface area contributed by atoms with Crippen LogP contribution in [0.1, 0.15) is 44.1 Å². The third-order valence-corrected chi connectivity index (χ3v) is 16.2. The van der Waals surface area contributed by atoms with Gasteiger partial charge in [-0.3, -0.25) is 9.59 Å². The molecule has 19 heteroatoms. The van der Waals surface area contributed by atoms with E-state index in [1.54, 1.807) is 9.58 Å². The van der Waals surface area contributed by atoms with Crippen molar-refractivity contribution in [1.29, 1.82) is 0 Å². The van der Waals surface area contributed by atoms with Crippen molar-refractivity contribution < 1.29 is 33.4 Å². The molecular formula is C50H55N9O8SSe. The number of rotatable bonds is 22. The van der Waals surface area contributed by atoms with Crippen LogP contribution in [-0.4, -0.2) is 133 Å². The monoisotopic (exact) mass is 1020 g/mol. The zero-order chi connectivity index (χ0) is 47.5. The van der Waals surface area contributed by atoms with E-state index in [-0.39, 0.29) is 75.5 Å². The summed E-state index contributed by atoms with van der Waals surface area (Å²) in [7, 11) is 0. The Bertz CT molecular complexity index is 2830. The second-order valence-electron chi connectivity index (χ2n) is 17.0. The maximum atomic E-state index is 14.1. The molecule has 2 saturated heterocycles. The molecule has 0 spiro atoms. The van der Waals surface area contributed by atoms with Gasteiger partial charge in [-0.2, -0.15) is 11.8 Å². The third kappa shape index (κ3) is 11.5. The van der Waals surface area contributed by atoms with Crippen molar-refractivity contribution in [1.82, 2.24) is 39.8 Å². The summed E-state index contributed by atoms with van der Waals surface area (Å²) in [6, 6.07) is 31.3. The van der Waals surface area contributed by atoms with E-state index in [4.69, 9.17) is 19.3 Å². The Morgan fingerprint density at radius 3 is 2.16 bits per heavy atom. The minimum atomic E-state index is -0.248. The van der Waals surface area contributed by atoms with E-state index < -0.39 is 0 Å². The molecule has 5 heterocycles. The van der Waals surface area contributed by atoms with Gasteiger partial charge in [0.15, 0.2) is 0 Å². The number of urea groups is 1. The van der Waals surface area contributed by atoms with Gasteiger partial charge in [-0.15, -0.1) is 0 Å². The summed E-state index contributed by atoms with van der Waals surface area (Å²) < 4.78 is 21.4. The molecule has 3 aliphatic rings. The molecule has 6 aromatic rings. The number of thioether (sulfide) groups is 1. The minimum absolute atomic E-state index is 0.000369. The van der Waals surface area contributed by atoms with Crippen LogP contribution in [0.25, 0.3) is 43.5 Å². The zero-order valence-corrected chi connectivity index (χ0v) is 40.6. The van der Waals surface area contributed by atoms with E-state index in [1.165, 1.54) is 0 Å². The van der Waals surface area contributed by atoms with Crippen LogP contribution in [0.5, 0.6) is 0 Å². The van der Waals surface area contributed by atoms with Gasteiger partial charge in [0.2, 0.25) is 11.8 Å². The molecular weight excluding hydrogens is 966 g/mol. The van der Waals surface area contributed by atoms with E-state index in [0.29, 0.717) is 75.8 Å². The predicted octanol–water partition coefficient (Wildman–Crippen LogP) is 4.60. The molecule has 9 rings (SSSR count). The second-order valence-corrected chi connectivity index (χ2v) is 20.3. The van der Waals surface area contributed by atoms with Crippen LogP contribution in [0.4, 0.5) is 10.5 Å². The van der Waals surface area contributed by atoms with E-state index >= 15 is 0 Å². The summed E-state index contributed by atoms with van der Waals surface area (Å²) >= 11 is 1.72. The standard InChI is InChI=1S/C50H55N9O8SSe/c60-43(16-8-6-14-41-47-39(32-68-41)53-50(64)54-47)51-23-25-65-27-29-67-30-28-66-26-24-52-44(61)21-22-45(62)57-31-33-9-1-2-10-36(33)46-48(37-11-3-5-13-40(37)57)58(56-55-46)34-17-19-35(20-18-34)59-49(63)38-12-4-7-15-42(38)69-59/h1-5,7,9-13,15,17-20,39,41,47H,6,8,14,16,21-32H2,(H,51,60)(H,52,61)(H2,53,54,64)/t39-,41-,47-/m0/s1. The first kappa shape index (κ1) is 48.0. The number of hydrogen-bond acceptors (Lipinski definition) is 11. The van der Waals surface area contributed by atoms with Crippen molar-refractivity contribution in [2.45, 2.75) is 62.4 Å². The SMILES string of the molecule is O=C(CCCC[C@@H]1SC[C@@H]2NC(=O)N[C@@H]21)NCCOCCOCCOCCNC(=O)CCC(=O)N1Cc2ccccc2-c2nnn(-c3ccc(-n4[se]c5ccccc5c4=O)cc3)c2-c2ccccc21. The van der Waals surface area contributed by atoms with E-state index in [1.807, 2.05) is 112 Å². The van der Waals surface area contributed by atoms with Crippen LogP contribution in [-0.2, 0) is 35.1 Å². The number of nitrogens with one attached hydrogen (secondary N) is 4. The number of benzene rings is 4. The second kappa shape index (κ2) is 23.0. The summed E-state index contributed by atoms with van der Waals surface area (Å²) in [5.41, 5.74) is 6.18. The van der Waals surface area contributed by atoms with Crippen LogP contribution >= 0.6 is 11.8 Å². The van der Waals surface area contributed by atoms with Crippen LogP contribution < -0.4 is 31.7 Å². The Morgan fingerprint density at radius 2 is 1.39 bits per heavy atom. The van der Waals surface area contributed by atoms with Crippen molar-refractivity contribution in [3.8, 4) is 33.9 Å². The van der Waals surface area contributed by atoms with Gasteiger partial charge in [-0.05, 0) is 12.8 Å². The fourth-order valence-electron chi connectivity index (χ4n) is 8.91. The normalized spacial score (nSPS) is 17.0. The number of anilines is 1. The van der Waals surface area contributed by atoms with Crippen molar-refractivity contribution in [3.63, 3.8) is 0 Å². The molecule has 4 N–H and O–H groups in total. The topological polar surface area (TPSA) is 200 Å². The molecule has 0 aliphatic carbocycles. The average Bonchev–Trinajstić information content (AvgIpc) is 4.15. The molecule has 360 valence electrons. The molecule has 2 fully saturated rings. The third-order valence-electron chi connectivity index (χ3n) is 12.4. The molecule has 3 atom stereocenters. The van der Waals surface area contributed by atoms with Gasteiger partial charge in [0, 0.05) is 36.9 Å². The van der Waals surface area contributed by atoms with Crippen molar-refractivity contribution in [2.24, 2.45) is 0 Å². The summed E-state index contributed by atoms with van der Waals surface area (Å²) in [5.74, 6) is 0.509. The number of ether oxygens (including phenoxy) is 3. The summed E-state index contributed by atoms with van der Waals surface area (Å²) in [5, 5.41) is 22.2. The molecule has 5 amide bonds. The fourth-order valence-corrected chi connectivity index (χ4v) is 12.5. The van der Waals surface area contributed by atoms with Gasteiger partial charge < -0.3 is 35.5 Å². The molecule has 4 aromatic carbocycles. The maximum absolute atomic E-state index is 14.1. The van der Waals surface area contributed by atoms with Crippen LogP contribution in [0.15, 0.2) is 102 Å². The fraction of sp³-hybridized carbons (Fsp3) is 0.380. The van der Waals surface area contributed by atoms with Gasteiger partial charge in [-0.25, -0.2) is 4.79 Å². The molecule has 0 unspecified atom stereocenters. The van der Waals surface area contributed by atoms with Gasteiger partial charge in [0.1, 0.15) is 0 Å². The Morgan fingerprint density at radius 1 is 0.725 bits per heavy atom. The van der Waals surface area contributed by atoms with Crippen molar-refractivity contribution in [2.75, 3.05) is 63.4 Å². The van der Waals surface area contributed by atoms with Crippen molar-refractivity contribution in [3.05, 3.63) is 113 Å². The summed E-state index contributed by atoms with van der Waals surface area (Å²) in [6.45, 7) is 3.21. The number of amides is 5.